The number of rotatable bonds is 4. The van der Waals surface area contributed by atoms with Gasteiger partial charge in [-0.15, -0.1) is 0 Å². The van der Waals surface area contributed by atoms with Gasteiger partial charge in [-0.05, 0) is 44.5 Å². The summed E-state index contributed by atoms with van der Waals surface area (Å²) in [5.41, 5.74) is 2.80. The SMILES string of the molecule is COC(=O)c1cc(N(C)C)c2c(c1O)C(=O)C1C(=O)[C@@]3(O)C(=O)C(C(N)=O)C(=O)C(N(C)C)[C@H]3C[C@H]1C2. The van der Waals surface area contributed by atoms with Crippen LogP contribution in [0.5, 0.6) is 5.75 Å². The number of nitrogens with two attached hydrogens (primary N) is 1. The van der Waals surface area contributed by atoms with Crippen molar-refractivity contribution in [1.82, 2.24) is 4.90 Å². The second kappa shape index (κ2) is 8.73. The molecule has 0 saturated heterocycles. The van der Waals surface area contributed by atoms with E-state index in [0.717, 1.165) is 7.11 Å². The van der Waals surface area contributed by atoms with E-state index in [1.54, 1.807) is 19.0 Å². The van der Waals surface area contributed by atoms with Crippen LogP contribution in [0.25, 0.3) is 0 Å². The Kier molecular flexibility index (Phi) is 6.24. The van der Waals surface area contributed by atoms with E-state index in [1.807, 2.05) is 0 Å². The smallest absolute Gasteiger partial charge is 0.341 e. The van der Waals surface area contributed by atoms with Crippen molar-refractivity contribution >= 4 is 40.7 Å². The molecule has 4 N–H and O–H groups in total. The molecule has 2 fully saturated rings. The zero-order valence-corrected chi connectivity index (χ0v) is 21.1. The number of carbonyl (C=O) groups is 6. The van der Waals surface area contributed by atoms with Gasteiger partial charge in [-0.25, -0.2) is 4.79 Å². The van der Waals surface area contributed by atoms with Crippen LogP contribution in [0.3, 0.4) is 0 Å². The number of hydrogen-bond donors (Lipinski definition) is 3. The quantitative estimate of drug-likeness (QED) is 0.320. The third-order valence-corrected chi connectivity index (χ3v) is 7.92. The highest BCUT2D eigenvalue weighted by Crippen LogP contribution is 2.52. The van der Waals surface area contributed by atoms with Crippen LogP contribution in [0.4, 0.5) is 5.69 Å². The van der Waals surface area contributed by atoms with Crippen LogP contribution >= 0.6 is 0 Å². The maximum absolute atomic E-state index is 13.8. The Bertz CT molecular complexity index is 1270. The molecule has 4 rings (SSSR count). The fourth-order valence-corrected chi connectivity index (χ4v) is 6.32. The zero-order valence-electron chi connectivity index (χ0n) is 21.1. The molecule has 0 aliphatic heterocycles. The second-order valence-electron chi connectivity index (χ2n) is 10.3. The van der Waals surface area contributed by atoms with Crippen molar-refractivity contribution in [1.29, 1.82) is 0 Å². The Morgan fingerprint density at radius 2 is 1.73 bits per heavy atom. The number of esters is 1. The van der Waals surface area contributed by atoms with Crippen LogP contribution in [0, 0.1) is 23.7 Å². The highest BCUT2D eigenvalue weighted by molar-refractivity contribution is 6.32. The first kappa shape index (κ1) is 26.4. The van der Waals surface area contributed by atoms with Gasteiger partial charge in [0, 0.05) is 25.7 Å². The average Bonchev–Trinajstić information content (AvgIpc) is 2.80. The van der Waals surface area contributed by atoms with Crippen molar-refractivity contribution in [2.75, 3.05) is 40.2 Å². The number of aromatic hydroxyl groups is 1. The van der Waals surface area contributed by atoms with Crippen molar-refractivity contribution < 1.29 is 43.7 Å². The lowest BCUT2D eigenvalue weighted by molar-refractivity contribution is -0.181. The Morgan fingerprint density at radius 1 is 1.11 bits per heavy atom. The number of carbonyl (C=O) groups excluding carboxylic acids is 6. The van der Waals surface area contributed by atoms with E-state index in [4.69, 9.17) is 10.5 Å². The maximum atomic E-state index is 13.8. The molecule has 0 bridgehead atoms. The maximum Gasteiger partial charge on any atom is 0.341 e. The number of anilines is 1. The number of ether oxygens (including phenoxy) is 1. The standard InChI is InChI=1S/C25H29N3O9/c1-27(2)13-8-11(24(35)37-5)18(29)15-10(13)6-9-7-12-17(28(3)4)20(31)16(23(26)34)22(33)25(12,36)21(32)14(9)19(15)30/h8-9,12,14,16-17,29,36H,6-7H2,1-5H3,(H2,26,34)/t9-,12-,14?,16?,17?,25-/m1/s1. The summed E-state index contributed by atoms with van der Waals surface area (Å²) in [4.78, 5) is 81.5. The van der Waals surface area contributed by atoms with Gasteiger partial charge in [0.15, 0.2) is 34.7 Å². The highest BCUT2D eigenvalue weighted by Gasteiger charge is 2.69. The first-order valence-electron chi connectivity index (χ1n) is 11.7. The Balaban J connectivity index is 1.92. The summed E-state index contributed by atoms with van der Waals surface area (Å²) in [5, 5.41) is 22.5. The molecule has 2 saturated carbocycles. The third kappa shape index (κ3) is 3.50. The number of primary amides is 1. The Morgan fingerprint density at radius 3 is 2.24 bits per heavy atom. The van der Waals surface area contributed by atoms with Gasteiger partial charge in [-0.1, -0.05) is 0 Å². The molecule has 0 spiro atoms. The van der Waals surface area contributed by atoms with E-state index in [9.17, 15) is 39.0 Å². The van der Waals surface area contributed by atoms with Crippen molar-refractivity contribution in [3.8, 4) is 5.75 Å². The molecular weight excluding hydrogens is 486 g/mol. The first-order chi connectivity index (χ1) is 17.2. The molecule has 1 amide bonds. The lowest BCUT2D eigenvalue weighted by atomic mass is 9.52. The lowest BCUT2D eigenvalue weighted by Gasteiger charge is -2.52. The van der Waals surface area contributed by atoms with Gasteiger partial charge < -0.3 is 25.6 Å². The topological polar surface area (TPSA) is 185 Å². The number of benzene rings is 1. The van der Waals surface area contributed by atoms with Crippen LogP contribution in [0.15, 0.2) is 6.07 Å². The van der Waals surface area contributed by atoms with Gasteiger partial charge in [-0.2, -0.15) is 0 Å². The fraction of sp³-hybridized carbons (Fsp3) is 0.520. The molecule has 198 valence electrons. The summed E-state index contributed by atoms with van der Waals surface area (Å²) < 4.78 is 4.72. The molecule has 3 aliphatic rings. The Hall–Kier alpha value is -3.64. The van der Waals surface area contributed by atoms with Crippen LogP contribution in [-0.4, -0.2) is 97.1 Å². The molecule has 12 heteroatoms. The number of aliphatic hydroxyl groups is 1. The molecule has 1 aromatic carbocycles. The number of phenols is 1. The molecule has 1 aromatic rings. The minimum Gasteiger partial charge on any atom is -0.506 e. The van der Waals surface area contributed by atoms with E-state index < -0.39 is 76.1 Å². The molecule has 3 aliphatic carbocycles. The number of phenolic OH excluding ortho intramolecular Hbond substituents is 1. The summed E-state index contributed by atoms with van der Waals surface area (Å²) >= 11 is 0. The zero-order chi connectivity index (χ0) is 27.7. The number of amides is 1. The molecule has 0 heterocycles. The van der Waals surface area contributed by atoms with E-state index in [2.05, 4.69) is 0 Å². The van der Waals surface area contributed by atoms with Crippen LogP contribution < -0.4 is 10.6 Å². The molecule has 0 aromatic heterocycles. The molecule has 6 atom stereocenters. The number of Topliss-reactive ketones (excluding diaryl/α,β-unsaturated/α-hetero) is 4. The second-order valence-corrected chi connectivity index (χ2v) is 10.3. The van der Waals surface area contributed by atoms with E-state index in [0.29, 0.717) is 11.3 Å². The third-order valence-electron chi connectivity index (χ3n) is 7.92. The number of nitrogens with zero attached hydrogens (tertiary/aromatic N) is 2. The van der Waals surface area contributed by atoms with Crippen LogP contribution in [0.2, 0.25) is 0 Å². The number of ketones is 4. The molecule has 12 nitrogen and oxygen atoms in total. The number of hydrogen-bond acceptors (Lipinski definition) is 11. The average molecular weight is 516 g/mol. The highest BCUT2D eigenvalue weighted by atomic mass is 16.5. The summed E-state index contributed by atoms with van der Waals surface area (Å²) in [7, 11) is 7.51. The van der Waals surface area contributed by atoms with Crippen LogP contribution in [0.1, 0.15) is 32.7 Å². The summed E-state index contributed by atoms with van der Waals surface area (Å²) in [6.07, 6.45) is 0.0324. The largest absolute Gasteiger partial charge is 0.506 e. The predicted molar refractivity (Wildman–Crippen MR) is 127 cm³/mol. The number of fused-ring (bicyclic) bond motifs is 3. The van der Waals surface area contributed by atoms with E-state index >= 15 is 0 Å². The van der Waals surface area contributed by atoms with Crippen molar-refractivity contribution in [3.05, 3.63) is 22.8 Å². The summed E-state index contributed by atoms with van der Waals surface area (Å²) in [6, 6.07) is 0.215. The van der Waals surface area contributed by atoms with E-state index in [1.165, 1.54) is 25.1 Å². The minimum absolute atomic E-state index is 0.0592. The number of likely N-dealkylation sites (N-methyl/N-ethyl adjacent to an activating group) is 1. The van der Waals surface area contributed by atoms with Crippen molar-refractivity contribution in [2.24, 2.45) is 29.4 Å². The number of methoxy groups -OCH3 is 1. The molecular formula is C25H29N3O9. The van der Waals surface area contributed by atoms with Gasteiger partial charge in [0.2, 0.25) is 5.91 Å². The predicted octanol–water partition coefficient (Wildman–Crippen LogP) is -1.28. The van der Waals surface area contributed by atoms with Gasteiger partial charge in [0.25, 0.3) is 0 Å². The summed E-state index contributed by atoms with van der Waals surface area (Å²) in [6.45, 7) is 0. The van der Waals surface area contributed by atoms with Crippen molar-refractivity contribution in [3.63, 3.8) is 0 Å². The van der Waals surface area contributed by atoms with E-state index in [-0.39, 0.29) is 24.0 Å². The normalized spacial score (nSPS) is 30.9. The summed E-state index contributed by atoms with van der Waals surface area (Å²) in [5.74, 6) is -12.5. The fourth-order valence-electron chi connectivity index (χ4n) is 6.32. The van der Waals surface area contributed by atoms with Crippen LogP contribution in [-0.2, 0) is 30.3 Å². The Labute approximate surface area is 212 Å². The minimum atomic E-state index is -2.81. The van der Waals surface area contributed by atoms with Gasteiger partial charge in [-0.3, -0.25) is 28.9 Å². The van der Waals surface area contributed by atoms with Gasteiger partial charge in [0.05, 0.1) is 24.6 Å². The van der Waals surface area contributed by atoms with Gasteiger partial charge in [0.1, 0.15) is 11.3 Å². The molecule has 37 heavy (non-hydrogen) atoms. The van der Waals surface area contributed by atoms with Crippen molar-refractivity contribution in [2.45, 2.75) is 24.5 Å². The monoisotopic (exact) mass is 515 g/mol. The molecule has 0 radical (unpaired) electrons. The van der Waals surface area contributed by atoms with Gasteiger partial charge >= 0.3 is 5.97 Å². The lowest BCUT2D eigenvalue weighted by Crippen LogP contribution is -2.74. The molecule has 3 unspecified atom stereocenters. The first-order valence-corrected chi connectivity index (χ1v) is 11.7.